The fraction of sp³-hybridized carbons (Fsp3) is 0. The van der Waals surface area contributed by atoms with E-state index in [2.05, 4.69) is 0 Å². The molecule has 0 aromatic carbocycles. The first-order chi connectivity index (χ1) is 2.00. The van der Waals surface area contributed by atoms with Crippen LogP contribution in [0.3, 0.4) is 0 Å². The Labute approximate surface area is 72.5 Å². The van der Waals surface area contributed by atoms with E-state index in [9.17, 15) is 0 Å². The van der Waals surface area contributed by atoms with Gasteiger partial charge in [0.15, 0.2) is 0 Å². The van der Waals surface area contributed by atoms with Crippen LogP contribution < -0.4 is 14.7 Å². The summed E-state index contributed by atoms with van der Waals surface area (Å²) >= 11 is 0. The van der Waals surface area contributed by atoms with Gasteiger partial charge in [-0.05, 0) is 0 Å². The number of hydrogen-bond acceptors (Lipinski definition) is 5. The minimum atomic E-state index is -5.39. The normalized spacial score (nSPS) is 6.56. The monoisotopic (exact) mass is 240 g/mol. The van der Waals surface area contributed by atoms with Crippen molar-refractivity contribution in [2.45, 2.75) is 0 Å². The molecule has 0 aromatic heterocycles. The van der Waals surface area contributed by atoms with Crippen LogP contribution in [0.15, 0.2) is 0 Å². The Morgan fingerprint density at radius 1 is 1.00 bits per heavy atom. The van der Waals surface area contributed by atoms with Gasteiger partial charge in [-0.25, -0.2) is 0 Å². The van der Waals surface area contributed by atoms with Gasteiger partial charge in [0.25, 0.3) is 0 Å². The third-order valence-corrected chi connectivity index (χ3v) is 0. The van der Waals surface area contributed by atoms with E-state index in [1.54, 1.807) is 0 Å². The van der Waals surface area contributed by atoms with E-state index in [-0.39, 0.29) is 45.1 Å². The average molecular weight is 240 g/mol. The molecule has 58 valence electrons. The molecule has 0 atom stereocenters. The molecule has 0 spiro atoms. The molecule has 2 radical (unpaired) electrons. The van der Waals surface area contributed by atoms with Crippen molar-refractivity contribution in [1.82, 2.24) is 0 Å². The second-order valence-corrected chi connectivity index (χ2v) is 1.34. The zero-order chi connectivity index (χ0) is 4.50. The standard InChI is InChI=1S/2Fe.H3O4P.H2O.O/c;;1-5(2,3)4;;/h;;(H3,1,2,3,4);1H2;/q2*+3;;;-2/p-4. The maximum absolute atomic E-state index is 8.55. The van der Waals surface area contributed by atoms with Gasteiger partial charge in [-0.2, -0.15) is 7.82 Å². The van der Waals surface area contributed by atoms with Gasteiger partial charge in [-0.15, -0.1) is 0 Å². The van der Waals surface area contributed by atoms with Crippen LogP contribution in [0.1, 0.15) is 0 Å². The topological polar surface area (TPSA) is 145 Å². The number of phosphoric acid groups is 1. The summed E-state index contributed by atoms with van der Waals surface area (Å²) in [4.78, 5) is 25.6. The molecule has 0 aliphatic heterocycles. The first-order valence-corrected chi connectivity index (χ1v) is 2.19. The fourth-order valence-electron chi connectivity index (χ4n) is 0. The van der Waals surface area contributed by atoms with E-state index >= 15 is 0 Å². The molecule has 0 amide bonds. The van der Waals surface area contributed by atoms with E-state index in [1.807, 2.05) is 0 Å². The van der Waals surface area contributed by atoms with E-state index in [1.165, 1.54) is 0 Å². The average Bonchev–Trinajstić information content (AvgIpc) is 0.722. The second kappa shape index (κ2) is 11.8. The third kappa shape index (κ3) is 397. The van der Waals surface area contributed by atoms with Gasteiger partial charge in [-0.3, -0.25) is 0 Å². The molecule has 0 aromatic rings. The van der Waals surface area contributed by atoms with Gasteiger partial charge >= 0.3 is 34.1 Å². The van der Waals surface area contributed by atoms with Crippen molar-refractivity contribution in [3.05, 3.63) is 0 Å². The summed E-state index contributed by atoms with van der Waals surface area (Å²) in [5.41, 5.74) is 0. The Bertz CT molecular complexity index is 57.2. The number of hydrogen-bond donors (Lipinski definition) is 0. The molecule has 1 N–H and O–H groups in total. The van der Waals surface area contributed by atoms with Gasteiger partial charge in [0, 0.05) is 0 Å². The molecule has 9 heteroatoms. The van der Waals surface area contributed by atoms with Crippen LogP contribution in [0.5, 0.6) is 0 Å². The molecular formula is HFe2O6P. The Morgan fingerprint density at radius 3 is 1.00 bits per heavy atom. The molecule has 0 heterocycles. The fourth-order valence-corrected chi connectivity index (χ4v) is 0. The zero-order valence-electron chi connectivity index (χ0n) is 3.64. The molecule has 6 nitrogen and oxygen atoms in total. The van der Waals surface area contributed by atoms with Crippen LogP contribution in [0.2, 0.25) is 0 Å². The van der Waals surface area contributed by atoms with E-state index < -0.39 is 7.82 Å². The predicted octanol–water partition coefficient (Wildman–Crippen LogP) is -3.13. The molecule has 0 aliphatic carbocycles. The van der Waals surface area contributed by atoms with Crippen molar-refractivity contribution < 1.29 is 64.3 Å². The Morgan fingerprint density at radius 2 is 1.00 bits per heavy atom. The van der Waals surface area contributed by atoms with E-state index in [0.29, 0.717) is 0 Å². The SMILES string of the molecule is O=P([O-])([O-])[O-].[Fe+3].[Fe+3].[O-2].[OH-]. The summed E-state index contributed by atoms with van der Waals surface area (Å²) in [5.74, 6) is 0. The molecular weight excluding hydrogens is 239 g/mol. The molecule has 0 saturated heterocycles. The first-order valence-electron chi connectivity index (χ1n) is 0.730. The number of rotatable bonds is 0. The van der Waals surface area contributed by atoms with E-state index in [0.717, 1.165) is 0 Å². The molecule has 9 heavy (non-hydrogen) atoms. The van der Waals surface area contributed by atoms with Gasteiger partial charge in [0.2, 0.25) is 0 Å². The molecule has 0 unspecified atom stereocenters. The maximum atomic E-state index is 8.55. The molecule has 0 rings (SSSR count). The molecule has 0 saturated carbocycles. The predicted molar refractivity (Wildman–Crippen MR) is 10.2 cm³/mol. The maximum Gasteiger partial charge on any atom is 3.00 e. The summed E-state index contributed by atoms with van der Waals surface area (Å²) in [5, 5.41) is 0. The van der Waals surface area contributed by atoms with Crippen molar-refractivity contribution in [3.63, 3.8) is 0 Å². The molecule has 0 aliphatic rings. The quantitative estimate of drug-likeness (QED) is 0.324. The van der Waals surface area contributed by atoms with Gasteiger partial charge in [-0.1, -0.05) is 0 Å². The van der Waals surface area contributed by atoms with Crippen molar-refractivity contribution >= 4 is 7.82 Å². The van der Waals surface area contributed by atoms with Crippen molar-refractivity contribution in [1.29, 1.82) is 0 Å². The summed E-state index contributed by atoms with van der Waals surface area (Å²) in [6.07, 6.45) is 0. The smallest absolute Gasteiger partial charge is 2.00 e. The van der Waals surface area contributed by atoms with Crippen LogP contribution >= 0.6 is 7.82 Å². The third-order valence-electron chi connectivity index (χ3n) is 0. The van der Waals surface area contributed by atoms with Crippen LogP contribution in [-0.4, -0.2) is 5.48 Å². The van der Waals surface area contributed by atoms with Gasteiger partial charge in [0.05, 0.1) is 0 Å². The Hall–Kier alpha value is 1.07. The minimum absolute atomic E-state index is 0. The van der Waals surface area contributed by atoms with Crippen LogP contribution in [0, 0.1) is 0 Å². The van der Waals surface area contributed by atoms with Gasteiger partial charge in [0.1, 0.15) is 0 Å². The van der Waals surface area contributed by atoms with Crippen LogP contribution in [0.25, 0.3) is 0 Å². The van der Waals surface area contributed by atoms with Crippen molar-refractivity contribution in [2.24, 2.45) is 0 Å². The van der Waals surface area contributed by atoms with Crippen molar-refractivity contribution in [3.8, 4) is 0 Å². The summed E-state index contributed by atoms with van der Waals surface area (Å²) < 4.78 is 8.55. The molecule has 0 fully saturated rings. The first kappa shape index (κ1) is 32.2. The van der Waals surface area contributed by atoms with Gasteiger partial charge < -0.3 is 30.2 Å². The van der Waals surface area contributed by atoms with E-state index in [4.69, 9.17) is 19.2 Å². The summed E-state index contributed by atoms with van der Waals surface area (Å²) in [7, 11) is -5.39. The minimum Gasteiger partial charge on any atom is -2.00 e. The van der Waals surface area contributed by atoms with Crippen molar-refractivity contribution in [2.75, 3.05) is 0 Å². The molecule has 0 bridgehead atoms. The van der Waals surface area contributed by atoms with Crippen LogP contribution in [-0.2, 0) is 44.2 Å². The van der Waals surface area contributed by atoms with Crippen LogP contribution in [0.4, 0.5) is 0 Å². The summed E-state index contributed by atoms with van der Waals surface area (Å²) in [6, 6.07) is 0. The largest absolute Gasteiger partial charge is 3.00 e. The zero-order valence-corrected chi connectivity index (χ0v) is 6.75. The second-order valence-electron chi connectivity index (χ2n) is 0.447. The Kier molecular flexibility index (Phi) is 42.3. The Balaban J connectivity index is -0.0000000133. The summed E-state index contributed by atoms with van der Waals surface area (Å²) in [6.45, 7) is 0.